The zero-order valence-corrected chi connectivity index (χ0v) is 12.2. The average molecular weight is 323 g/mol. The summed E-state index contributed by atoms with van der Waals surface area (Å²) < 4.78 is 20.6. The number of hydrogen-bond acceptors (Lipinski definition) is 2. The SMILES string of the molecule is CNC1CC(C)(C)Oc2c(Br)cc(Cl)c(F)c21. The normalized spacial score (nSPS) is 21.9. The first-order valence-corrected chi connectivity index (χ1v) is 6.56. The fourth-order valence-electron chi connectivity index (χ4n) is 2.17. The molecular weight excluding hydrogens is 308 g/mol. The van der Waals surface area contributed by atoms with E-state index in [9.17, 15) is 4.39 Å². The number of ether oxygens (including phenoxy) is 1. The second kappa shape index (κ2) is 4.41. The Morgan fingerprint density at radius 2 is 2.24 bits per heavy atom. The molecule has 1 aromatic rings. The van der Waals surface area contributed by atoms with Crippen molar-refractivity contribution in [3.8, 4) is 5.75 Å². The van der Waals surface area contributed by atoms with Gasteiger partial charge in [-0.05, 0) is 42.9 Å². The van der Waals surface area contributed by atoms with Gasteiger partial charge in [0.2, 0.25) is 0 Å². The van der Waals surface area contributed by atoms with Gasteiger partial charge in [-0.25, -0.2) is 4.39 Å². The molecule has 0 radical (unpaired) electrons. The monoisotopic (exact) mass is 321 g/mol. The molecule has 0 saturated heterocycles. The molecule has 0 saturated carbocycles. The van der Waals surface area contributed by atoms with Crippen molar-refractivity contribution >= 4 is 27.5 Å². The van der Waals surface area contributed by atoms with Crippen LogP contribution in [0.5, 0.6) is 5.75 Å². The van der Waals surface area contributed by atoms with Crippen LogP contribution in [0.3, 0.4) is 0 Å². The predicted molar refractivity (Wildman–Crippen MR) is 70.2 cm³/mol. The van der Waals surface area contributed by atoms with Crippen LogP contribution >= 0.6 is 27.5 Å². The maximum atomic E-state index is 14.1. The fourth-order valence-corrected chi connectivity index (χ4v) is 3.04. The van der Waals surface area contributed by atoms with E-state index in [1.807, 2.05) is 20.9 Å². The molecule has 0 fully saturated rings. The van der Waals surface area contributed by atoms with Crippen LogP contribution in [0, 0.1) is 5.82 Å². The third-order valence-electron chi connectivity index (χ3n) is 2.93. The van der Waals surface area contributed by atoms with Crippen LogP contribution in [0.1, 0.15) is 31.9 Å². The van der Waals surface area contributed by atoms with Gasteiger partial charge in [0.05, 0.1) is 9.50 Å². The molecular formula is C12H14BrClFNO. The fraction of sp³-hybridized carbons (Fsp3) is 0.500. The molecule has 1 atom stereocenters. The molecule has 1 aliphatic rings. The van der Waals surface area contributed by atoms with Crippen LogP contribution < -0.4 is 10.1 Å². The standard InChI is InChI=1S/C12H14BrClFNO/c1-12(2)5-8(16-3)9-10(15)7(14)4-6(13)11(9)17-12/h4,8,16H,5H2,1-3H3. The van der Waals surface area contributed by atoms with Crippen molar-refractivity contribution < 1.29 is 9.13 Å². The van der Waals surface area contributed by atoms with Crippen molar-refractivity contribution in [3.05, 3.63) is 26.9 Å². The quantitative estimate of drug-likeness (QED) is 0.787. The molecule has 17 heavy (non-hydrogen) atoms. The Morgan fingerprint density at radius 1 is 1.59 bits per heavy atom. The Kier molecular flexibility index (Phi) is 3.40. The first-order chi connectivity index (χ1) is 7.85. The van der Waals surface area contributed by atoms with E-state index in [1.165, 1.54) is 6.07 Å². The van der Waals surface area contributed by atoms with E-state index in [-0.39, 0.29) is 16.7 Å². The Hall–Kier alpha value is -0.320. The zero-order valence-electron chi connectivity index (χ0n) is 9.90. The number of halogens is 3. The number of hydrogen-bond donors (Lipinski definition) is 1. The number of benzene rings is 1. The van der Waals surface area contributed by atoms with E-state index >= 15 is 0 Å². The topological polar surface area (TPSA) is 21.3 Å². The van der Waals surface area contributed by atoms with Crippen molar-refractivity contribution in [3.63, 3.8) is 0 Å². The third-order valence-corrected chi connectivity index (χ3v) is 3.80. The summed E-state index contributed by atoms with van der Waals surface area (Å²) in [4.78, 5) is 0. The molecule has 0 aliphatic carbocycles. The van der Waals surface area contributed by atoms with Crippen molar-refractivity contribution in [1.82, 2.24) is 5.32 Å². The van der Waals surface area contributed by atoms with Crippen LogP contribution in [0.2, 0.25) is 5.02 Å². The molecule has 0 amide bonds. The lowest BCUT2D eigenvalue weighted by Crippen LogP contribution is -2.39. The lowest BCUT2D eigenvalue weighted by molar-refractivity contribution is 0.0647. The van der Waals surface area contributed by atoms with Gasteiger partial charge in [-0.2, -0.15) is 0 Å². The van der Waals surface area contributed by atoms with Crippen LogP contribution in [0.25, 0.3) is 0 Å². The van der Waals surface area contributed by atoms with Gasteiger partial charge in [0.15, 0.2) is 0 Å². The van der Waals surface area contributed by atoms with E-state index in [2.05, 4.69) is 21.2 Å². The van der Waals surface area contributed by atoms with Crippen molar-refractivity contribution in [1.29, 1.82) is 0 Å². The van der Waals surface area contributed by atoms with Crippen molar-refractivity contribution in [2.45, 2.75) is 31.9 Å². The molecule has 2 nitrogen and oxygen atoms in total. The molecule has 1 aromatic carbocycles. The molecule has 5 heteroatoms. The van der Waals surface area contributed by atoms with Crippen LogP contribution in [0.15, 0.2) is 10.5 Å². The van der Waals surface area contributed by atoms with Crippen LogP contribution in [-0.2, 0) is 0 Å². The summed E-state index contributed by atoms with van der Waals surface area (Å²) >= 11 is 9.23. The highest BCUT2D eigenvalue weighted by molar-refractivity contribution is 9.10. The predicted octanol–water partition coefficient (Wildman–Crippen LogP) is 4.06. The molecule has 1 heterocycles. The smallest absolute Gasteiger partial charge is 0.150 e. The Bertz CT molecular complexity index is 464. The van der Waals surface area contributed by atoms with Crippen molar-refractivity contribution in [2.75, 3.05) is 7.05 Å². The van der Waals surface area contributed by atoms with Crippen molar-refractivity contribution in [2.24, 2.45) is 0 Å². The molecule has 94 valence electrons. The minimum Gasteiger partial charge on any atom is -0.486 e. The Morgan fingerprint density at radius 3 is 2.82 bits per heavy atom. The van der Waals surface area contributed by atoms with Gasteiger partial charge < -0.3 is 10.1 Å². The summed E-state index contributed by atoms with van der Waals surface area (Å²) in [6, 6.07) is 1.44. The van der Waals surface area contributed by atoms with Gasteiger partial charge >= 0.3 is 0 Å². The molecule has 1 aliphatic heterocycles. The van der Waals surface area contributed by atoms with Gasteiger partial charge in [-0.1, -0.05) is 11.6 Å². The highest BCUT2D eigenvalue weighted by atomic mass is 79.9. The van der Waals surface area contributed by atoms with E-state index in [0.717, 1.165) is 0 Å². The van der Waals surface area contributed by atoms with Gasteiger partial charge in [-0.3, -0.25) is 0 Å². The first-order valence-electron chi connectivity index (χ1n) is 5.39. The summed E-state index contributed by atoms with van der Waals surface area (Å²) in [6.07, 6.45) is 0.695. The maximum absolute atomic E-state index is 14.1. The summed E-state index contributed by atoms with van der Waals surface area (Å²) in [7, 11) is 1.81. The lowest BCUT2D eigenvalue weighted by atomic mass is 9.89. The Balaban J connectivity index is 2.64. The molecule has 1 unspecified atom stereocenters. The minimum atomic E-state index is -0.403. The summed E-state index contributed by atoms with van der Waals surface area (Å²) in [5.41, 5.74) is 0.176. The third kappa shape index (κ3) is 2.30. The second-order valence-electron chi connectivity index (χ2n) is 4.80. The van der Waals surface area contributed by atoms with Gasteiger partial charge in [0.25, 0.3) is 0 Å². The van der Waals surface area contributed by atoms with E-state index in [4.69, 9.17) is 16.3 Å². The summed E-state index contributed by atoms with van der Waals surface area (Å²) in [5, 5.41) is 3.22. The van der Waals surface area contributed by atoms with Crippen LogP contribution in [-0.4, -0.2) is 12.6 Å². The first kappa shape index (κ1) is 13.1. The number of nitrogens with one attached hydrogen (secondary N) is 1. The second-order valence-corrected chi connectivity index (χ2v) is 6.07. The Labute approximate surface area is 114 Å². The number of fused-ring (bicyclic) bond motifs is 1. The van der Waals surface area contributed by atoms with E-state index in [0.29, 0.717) is 22.2 Å². The van der Waals surface area contributed by atoms with Crippen LogP contribution in [0.4, 0.5) is 4.39 Å². The van der Waals surface area contributed by atoms with Gasteiger partial charge in [0, 0.05) is 18.0 Å². The number of rotatable bonds is 1. The molecule has 0 aromatic heterocycles. The van der Waals surface area contributed by atoms with Gasteiger partial charge in [0.1, 0.15) is 17.2 Å². The average Bonchev–Trinajstić information content (AvgIpc) is 2.24. The minimum absolute atomic E-state index is 0.0938. The highest BCUT2D eigenvalue weighted by Crippen LogP contribution is 2.46. The molecule has 1 N–H and O–H groups in total. The molecule has 2 rings (SSSR count). The highest BCUT2D eigenvalue weighted by Gasteiger charge is 2.37. The lowest BCUT2D eigenvalue weighted by Gasteiger charge is -2.38. The van der Waals surface area contributed by atoms with E-state index < -0.39 is 5.82 Å². The largest absolute Gasteiger partial charge is 0.486 e. The van der Waals surface area contributed by atoms with Gasteiger partial charge in [-0.15, -0.1) is 0 Å². The summed E-state index contributed by atoms with van der Waals surface area (Å²) in [5.74, 6) is 0.141. The van der Waals surface area contributed by atoms with E-state index in [1.54, 1.807) is 0 Å². The zero-order chi connectivity index (χ0) is 12.8. The summed E-state index contributed by atoms with van der Waals surface area (Å²) in [6.45, 7) is 3.97. The maximum Gasteiger partial charge on any atom is 0.150 e. The molecule has 0 bridgehead atoms. The molecule has 0 spiro atoms.